The minimum atomic E-state index is 0. The summed E-state index contributed by atoms with van der Waals surface area (Å²) in [5.41, 5.74) is 1.40. The molecule has 2 aromatic carbocycles. The maximum Gasteiger partial charge on any atom is 0.0211 e. The summed E-state index contributed by atoms with van der Waals surface area (Å²) in [6, 6.07) is 15.1. The van der Waals surface area contributed by atoms with E-state index in [4.69, 9.17) is 0 Å². The molecule has 2 rings (SSSR count). The normalized spacial score (nSPS) is 10.3. The highest BCUT2D eigenvalue weighted by atomic mass is 35.5. The molecule has 0 aliphatic rings. The lowest BCUT2D eigenvalue weighted by atomic mass is 10.0. The Bertz CT molecular complexity index is 462. The summed E-state index contributed by atoms with van der Waals surface area (Å²) >= 11 is 0. The van der Waals surface area contributed by atoms with Gasteiger partial charge in [-0.05, 0) is 29.3 Å². The summed E-state index contributed by atoms with van der Waals surface area (Å²) in [6.45, 7) is 4.34. The van der Waals surface area contributed by atoms with Crippen LogP contribution in [0.5, 0.6) is 0 Å². The number of halogens is 1. The molecule has 0 atom stereocenters. The van der Waals surface area contributed by atoms with Gasteiger partial charge in [0.2, 0.25) is 0 Å². The third kappa shape index (κ3) is 4.01. The van der Waals surface area contributed by atoms with Crippen LogP contribution in [0.1, 0.15) is 31.7 Å². The number of hydrogen-bond acceptors (Lipinski definition) is 1. The summed E-state index contributed by atoms with van der Waals surface area (Å²) in [5, 5.41) is 6.24. The first-order valence-electron chi connectivity index (χ1n) is 6.59. The maximum atomic E-state index is 3.53. The Kier molecular flexibility index (Phi) is 6.77. The number of unbranched alkanes of at least 4 members (excludes halogenated alkanes) is 2. The van der Waals surface area contributed by atoms with Crippen molar-refractivity contribution in [3.05, 3.63) is 48.0 Å². The van der Waals surface area contributed by atoms with Gasteiger partial charge in [-0.1, -0.05) is 62.2 Å². The molecule has 0 saturated heterocycles. The molecule has 0 bridgehead atoms. The zero-order chi connectivity index (χ0) is 11.9. The van der Waals surface area contributed by atoms with E-state index in [2.05, 4.69) is 54.7 Å². The van der Waals surface area contributed by atoms with Crippen LogP contribution in [0.2, 0.25) is 0 Å². The first-order valence-corrected chi connectivity index (χ1v) is 6.59. The molecule has 0 amide bonds. The second kappa shape index (κ2) is 8.12. The Morgan fingerprint density at radius 1 is 0.944 bits per heavy atom. The van der Waals surface area contributed by atoms with Crippen molar-refractivity contribution in [1.29, 1.82) is 0 Å². The number of nitrogens with one attached hydrogen (secondary N) is 1. The smallest absolute Gasteiger partial charge is 0.0211 e. The standard InChI is InChI=1S/C16H21N.ClH/c1-2-3-6-12-17-13-15-10-7-9-14-8-4-5-11-16(14)15;/h4-5,7-11,17H,2-3,6,12-13H2,1H3;1H. The Morgan fingerprint density at radius 2 is 1.72 bits per heavy atom. The maximum absolute atomic E-state index is 3.53. The van der Waals surface area contributed by atoms with Gasteiger partial charge in [-0.15, -0.1) is 12.4 Å². The predicted octanol–water partition coefficient (Wildman–Crippen LogP) is 4.54. The van der Waals surface area contributed by atoms with E-state index in [1.165, 1.54) is 35.6 Å². The third-order valence-electron chi connectivity index (χ3n) is 3.15. The van der Waals surface area contributed by atoms with Gasteiger partial charge in [0.1, 0.15) is 0 Å². The second-order valence-corrected chi connectivity index (χ2v) is 4.52. The Balaban J connectivity index is 0.00000162. The van der Waals surface area contributed by atoms with E-state index in [9.17, 15) is 0 Å². The van der Waals surface area contributed by atoms with Crippen molar-refractivity contribution in [3.63, 3.8) is 0 Å². The van der Waals surface area contributed by atoms with E-state index in [0.29, 0.717) is 0 Å². The predicted molar refractivity (Wildman–Crippen MR) is 82.4 cm³/mol. The third-order valence-corrected chi connectivity index (χ3v) is 3.15. The van der Waals surface area contributed by atoms with Crippen LogP contribution < -0.4 is 5.32 Å². The summed E-state index contributed by atoms with van der Waals surface area (Å²) in [6.07, 6.45) is 3.89. The van der Waals surface area contributed by atoms with Crippen LogP contribution in [-0.4, -0.2) is 6.54 Å². The molecule has 1 nitrogen and oxygen atoms in total. The highest BCUT2D eigenvalue weighted by Gasteiger charge is 1.98. The van der Waals surface area contributed by atoms with E-state index in [-0.39, 0.29) is 12.4 Å². The zero-order valence-corrected chi connectivity index (χ0v) is 11.8. The van der Waals surface area contributed by atoms with Gasteiger partial charge in [0.15, 0.2) is 0 Å². The Morgan fingerprint density at radius 3 is 2.56 bits per heavy atom. The molecule has 0 spiro atoms. The highest BCUT2D eigenvalue weighted by Crippen LogP contribution is 2.18. The van der Waals surface area contributed by atoms with Crippen molar-refractivity contribution in [2.75, 3.05) is 6.54 Å². The molecule has 0 aliphatic carbocycles. The van der Waals surface area contributed by atoms with Gasteiger partial charge in [0, 0.05) is 6.54 Å². The fraction of sp³-hybridized carbons (Fsp3) is 0.375. The number of fused-ring (bicyclic) bond motifs is 1. The van der Waals surface area contributed by atoms with Crippen molar-refractivity contribution >= 4 is 23.2 Å². The van der Waals surface area contributed by atoms with Gasteiger partial charge >= 0.3 is 0 Å². The summed E-state index contributed by atoms with van der Waals surface area (Å²) in [7, 11) is 0. The number of benzene rings is 2. The molecule has 0 aliphatic heterocycles. The van der Waals surface area contributed by atoms with E-state index in [0.717, 1.165) is 13.1 Å². The molecular formula is C16H22ClN. The molecule has 0 fully saturated rings. The molecule has 1 N–H and O–H groups in total. The van der Waals surface area contributed by atoms with E-state index in [1.54, 1.807) is 0 Å². The van der Waals surface area contributed by atoms with Crippen molar-refractivity contribution in [3.8, 4) is 0 Å². The van der Waals surface area contributed by atoms with E-state index in [1.807, 2.05) is 0 Å². The number of rotatable bonds is 6. The van der Waals surface area contributed by atoms with Gasteiger partial charge in [-0.2, -0.15) is 0 Å². The van der Waals surface area contributed by atoms with Crippen LogP contribution in [0.15, 0.2) is 42.5 Å². The van der Waals surface area contributed by atoms with Crippen LogP contribution in [-0.2, 0) is 6.54 Å². The molecule has 98 valence electrons. The molecule has 0 saturated carbocycles. The van der Waals surface area contributed by atoms with Crippen molar-refractivity contribution in [1.82, 2.24) is 5.32 Å². The summed E-state index contributed by atoms with van der Waals surface area (Å²) < 4.78 is 0. The quantitative estimate of drug-likeness (QED) is 0.755. The second-order valence-electron chi connectivity index (χ2n) is 4.52. The monoisotopic (exact) mass is 263 g/mol. The SMILES string of the molecule is CCCCCNCc1cccc2ccccc12.Cl. The molecule has 18 heavy (non-hydrogen) atoms. The molecule has 0 heterocycles. The Hall–Kier alpha value is -1.05. The van der Waals surface area contributed by atoms with E-state index >= 15 is 0 Å². The van der Waals surface area contributed by atoms with Gasteiger partial charge < -0.3 is 5.32 Å². The lowest BCUT2D eigenvalue weighted by Gasteiger charge is -2.08. The van der Waals surface area contributed by atoms with Gasteiger partial charge in [-0.25, -0.2) is 0 Å². The molecular weight excluding hydrogens is 242 g/mol. The van der Waals surface area contributed by atoms with Crippen LogP contribution in [0, 0.1) is 0 Å². The van der Waals surface area contributed by atoms with Crippen LogP contribution in [0.25, 0.3) is 10.8 Å². The van der Waals surface area contributed by atoms with Crippen molar-refractivity contribution < 1.29 is 0 Å². The van der Waals surface area contributed by atoms with Crippen molar-refractivity contribution in [2.24, 2.45) is 0 Å². The molecule has 2 aromatic rings. The lowest BCUT2D eigenvalue weighted by Crippen LogP contribution is -2.14. The molecule has 0 aromatic heterocycles. The zero-order valence-electron chi connectivity index (χ0n) is 11.0. The first kappa shape index (κ1) is 15.0. The van der Waals surface area contributed by atoms with E-state index < -0.39 is 0 Å². The summed E-state index contributed by atoms with van der Waals surface area (Å²) in [4.78, 5) is 0. The number of hydrogen-bond donors (Lipinski definition) is 1. The van der Waals surface area contributed by atoms with Gasteiger partial charge in [-0.3, -0.25) is 0 Å². The summed E-state index contributed by atoms with van der Waals surface area (Å²) in [5.74, 6) is 0. The average Bonchev–Trinajstić information content (AvgIpc) is 2.39. The van der Waals surface area contributed by atoms with Crippen LogP contribution in [0.3, 0.4) is 0 Å². The topological polar surface area (TPSA) is 12.0 Å². The highest BCUT2D eigenvalue weighted by molar-refractivity contribution is 5.85. The Labute approximate surface area is 116 Å². The van der Waals surface area contributed by atoms with Crippen LogP contribution in [0.4, 0.5) is 0 Å². The fourth-order valence-corrected chi connectivity index (χ4v) is 2.17. The minimum absolute atomic E-state index is 0. The molecule has 0 unspecified atom stereocenters. The minimum Gasteiger partial charge on any atom is -0.313 e. The average molecular weight is 264 g/mol. The fourth-order valence-electron chi connectivity index (χ4n) is 2.17. The van der Waals surface area contributed by atoms with Gasteiger partial charge in [0.25, 0.3) is 0 Å². The lowest BCUT2D eigenvalue weighted by molar-refractivity contribution is 0.618. The first-order chi connectivity index (χ1) is 8.42. The molecule has 2 heteroatoms. The molecule has 0 radical (unpaired) electrons. The van der Waals surface area contributed by atoms with Crippen molar-refractivity contribution in [2.45, 2.75) is 32.7 Å². The van der Waals surface area contributed by atoms with Crippen LogP contribution >= 0.6 is 12.4 Å². The largest absolute Gasteiger partial charge is 0.313 e. The van der Waals surface area contributed by atoms with Gasteiger partial charge in [0.05, 0.1) is 0 Å².